The summed E-state index contributed by atoms with van der Waals surface area (Å²) in [5, 5.41) is 3.92. The molecule has 3 heteroatoms. The van der Waals surface area contributed by atoms with E-state index in [1.54, 1.807) is 0 Å². The molecule has 1 nitrogen and oxygen atoms in total. The Hall–Kier alpha value is -7.30. The topological polar surface area (TPSA) is 3.24 Å². The lowest BCUT2D eigenvalue weighted by atomic mass is 9.69. The van der Waals surface area contributed by atoms with Crippen molar-refractivity contribution in [2.75, 3.05) is 4.90 Å². The van der Waals surface area contributed by atoms with Crippen molar-refractivity contribution in [2.45, 2.75) is 5.41 Å². The van der Waals surface area contributed by atoms with Gasteiger partial charge in [0, 0.05) is 52.3 Å². The molecule has 1 unspecified atom stereocenters. The fourth-order valence-corrected chi connectivity index (χ4v) is 13.0. The zero-order valence-corrected chi connectivity index (χ0v) is 35.3. The van der Waals surface area contributed by atoms with Crippen molar-refractivity contribution < 1.29 is 0 Å². The normalized spacial score (nSPS) is 14.9. The predicted octanol–water partition coefficient (Wildman–Crippen LogP) is 16.7. The van der Waals surface area contributed by atoms with Crippen molar-refractivity contribution >= 4 is 81.6 Å². The second-order valence-electron chi connectivity index (χ2n) is 16.3. The van der Waals surface area contributed by atoms with E-state index in [1.807, 2.05) is 22.7 Å². The van der Waals surface area contributed by atoms with Crippen molar-refractivity contribution in [2.24, 2.45) is 0 Å². The fourth-order valence-electron chi connectivity index (χ4n) is 10.6. The van der Waals surface area contributed by atoms with Crippen LogP contribution in [0, 0.1) is 0 Å². The van der Waals surface area contributed by atoms with Gasteiger partial charge in [-0.15, -0.1) is 22.7 Å². The van der Waals surface area contributed by atoms with Crippen molar-refractivity contribution in [3.8, 4) is 21.6 Å². The van der Waals surface area contributed by atoms with Crippen LogP contribution in [-0.2, 0) is 5.41 Å². The SMILES string of the molecule is C(=C(c1ccccc1)c1cccc2c1-c1sc3ccccc3c1C21c2ccccc2-c2c(N(c3ccccc3)c3ccc4sc5ccccc5c4c3)cccc21)c1ccccc1. The van der Waals surface area contributed by atoms with Crippen LogP contribution in [0.3, 0.4) is 0 Å². The van der Waals surface area contributed by atoms with Crippen molar-refractivity contribution in [3.63, 3.8) is 0 Å². The Balaban J connectivity index is 1.13. The summed E-state index contributed by atoms with van der Waals surface area (Å²) in [5.41, 5.74) is 17.1. The number of para-hydroxylation sites is 1. The summed E-state index contributed by atoms with van der Waals surface area (Å²) in [7, 11) is 0. The Bertz CT molecular complexity index is 3580. The molecule has 0 amide bonds. The molecule has 2 aliphatic rings. The van der Waals surface area contributed by atoms with Gasteiger partial charge < -0.3 is 4.90 Å². The maximum atomic E-state index is 2.50. The monoisotopic (exact) mass is 823 g/mol. The maximum absolute atomic E-state index is 2.50. The summed E-state index contributed by atoms with van der Waals surface area (Å²) < 4.78 is 3.93. The highest BCUT2D eigenvalue weighted by Crippen LogP contribution is 2.68. The van der Waals surface area contributed by atoms with E-state index in [0.29, 0.717) is 0 Å². The lowest BCUT2D eigenvalue weighted by Crippen LogP contribution is -2.26. The summed E-state index contributed by atoms with van der Waals surface area (Å²) in [4.78, 5) is 3.85. The molecule has 0 radical (unpaired) electrons. The van der Waals surface area contributed by atoms with Crippen LogP contribution in [-0.4, -0.2) is 0 Å². The summed E-state index contributed by atoms with van der Waals surface area (Å²) in [6, 6.07) is 81.0. The number of nitrogens with zero attached hydrogens (tertiary/aromatic N) is 1. The molecule has 2 aromatic heterocycles. The van der Waals surface area contributed by atoms with Gasteiger partial charge in [0.15, 0.2) is 0 Å². The van der Waals surface area contributed by atoms with Gasteiger partial charge in [0.2, 0.25) is 0 Å². The third-order valence-corrected chi connectivity index (χ3v) is 15.4. The summed E-state index contributed by atoms with van der Waals surface area (Å²) in [6.07, 6.45) is 2.38. The molecule has 2 heterocycles. The summed E-state index contributed by atoms with van der Waals surface area (Å²) in [5.74, 6) is 0. The van der Waals surface area contributed by atoms with Gasteiger partial charge in [0.25, 0.3) is 0 Å². The standard InChI is InChI=1S/C59H37NS2/c1-4-18-38(19-5-1)36-46(39-20-6-2-7-21-39)43-27-16-29-50-56(43)58-57(45-26-12-15-33-53(45)62-58)59(50)48-28-13-10-25-44(48)55-49(59)30-17-31-51(55)60(40-22-8-3-9-23-40)41-34-35-54-47(37-41)42-24-11-14-32-52(42)61-54/h1-37H. The highest BCUT2D eigenvalue weighted by molar-refractivity contribution is 7.25. The molecule has 0 fully saturated rings. The molecule has 9 aromatic carbocycles. The lowest BCUT2D eigenvalue weighted by Gasteiger charge is -2.32. The van der Waals surface area contributed by atoms with Gasteiger partial charge in [-0.25, -0.2) is 0 Å². The van der Waals surface area contributed by atoms with Crippen LogP contribution < -0.4 is 4.90 Å². The van der Waals surface area contributed by atoms with Gasteiger partial charge in [-0.1, -0.05) is 170 Å². The molecule has 13 rings (SSSR count). The van der Waals surface area contributed by atoms with Crippen molar-refractivity contribution in [1.82, 2.24) is 0 Å². The molecule has 290 valence electrons. The largest absolute Gasteiger partial charge is 0.310 e. The van der Waals surface area contributed by atoms with Crippen LogP contribution in [0.25, 0.3) is 63.5 Å². The van der Waals surface area contributed by atoms with Gasteiger partial charge in [-0.05, 0) is 110 Å². The molecule has 0 aliphatic heterocycles. The molecule has 0 N–H and O–H groups in total. The Kier molecular flexibility index (Phi) is 7.93. The maximum Gasteiger partial charge on any atom is 0.0741 e. The molecule has 2 aliphatic carbocycles. The number of rotatable bonds is 6. The van der Waals surface area contributed by atoms with E-state index in [4.69, 9.17) is 0 Å². The quantitative estimate of drug-likeness (QED) is 0.151. The molecule has 0 saturated carbocycles. The molecule has 0 saturated heterocycles. The highest BCUT2D eigenvalue weighted by Gasteiger charge is 2.54. The van der Waals surface area contributed by atoms with E-state index >= 15 is 0 Å². The van der Waals surface area contributed by atoms with Crippen LogP contribution in [0.4, 0.5) is 17.1 Å². The molecule has 0 bridgehead atoms. The first kappa shape index (κ1) is 35.5. The number of fused-ring (bicyclic) bond motifs is 15. The van der Waals surface area contributed by atoms with Gasteiger partial charge in [0.1, 0.15) is 0 Å². The second-order valence-corrected chi connectivity index (χ2v) is 18.4. The van der Waals surface area contributed by atoms with Crippen LogP contribution >= 0.6 is 22.7 Å². The van der Waals surface area contributed by atoms with Crippen LogP contribution in [0.15, 0.2) is 218 Å². The van der Waals surface area contributed by atoms with Crippen LogP contribution in [0.5, 0.6) is 0 Å². The third kappa shape index (κ3) is 5.07. The van der Waals surface area contributed by atoms with E-state index in [-0.39, 0.29) is 0 Å². The third-order valence-electron chi connectivity index (χ3n) is 13.1. The first-order chi connectivity index (χ1) is 30.8. The number of thiophene rings is 2. The van der Waals surface area contributed by atoms with E-state index in [1.165, 1.54) is 102 Å². The van der Waals surface area contributed by atoms with Crippen molar-refractivity contribution in [3.05, 3.63) is 257 Å². The zero-order valence-electron chi connectivity index (χ0n) is 33.6. The smallest absolute Gasteiger partial charge is 0.0741 e. The van der Waals surface area contributed by atoms with Crippen molar-refractivity contribution in [1.29, 1.82) is 0 Å². The number of hydrogen-bond donors (Lipinski definition) is 0. The minimum absolute atomic E-state index is 0.549. The average Bonchev–Trinajstić information content (AvgIpc) is 4.07. The van der Waals surface area contributed by atoms with Gasteiger partial charge in [-0.2, -0.15) is 0 Å². The minimum atomic E-state index is -0.549. The van der Waals surface area contributed by atoms with E-state index in [2.05, 4.69) is 229 Å². The molecular formula is C59H37NS2. The van der Waals surface area contributed by atoms with E-state index < -0.39 is 5.41 Å². The predicted molar refractivity (Wildman–Crippen MR) is 266 cm³/mol. The number of hydrogen-bond acceptors (Lipinski definition) is 3. The average molecular weight is 824 g/mol. The molecule has 11 aromatic rings. The van der Waals surface area contributed by atoms with Gasteiger partial charge >= 0.3 is 0 Å². The van der Waals surface area contributed by atoms with E-state index in [0.717, 1.165) is 11.4 Å². The zero-order chi connectivity index (χ0) is 40.8. The number of benzene rings is 9. The molecule has 1 spiro atoms. The Labute approximate surface area is 368 Å². The fraction of sp³-hybridized carbons (Fsp3) is 0.0169. The van der Waals surface area contributed by atoms with Gasteiger partial charge in [0.05, 0.1) is 11.1 Å². The van der Waals surface area contributed by atoms with Gasteiger partial charge in [-0.3, -0.25) is 0 Å². The highest BCUT2D eigenvalue weighted by atomic mass is 32.1. The summed E-state index contributed by atoms with van der Waals surface area (Å²) in [6.45, 7) is 0. The van der Waals surface area contributed by atoms with Crippen LogP contribution in [0.1, 0.15) is 38.9 Å². The summed E-state index contributed by atoms with van der Waals surface area (Å²) >= 11 is 3.81. The molecule has 1 atom stereocenters. The first-order valence-electron chi connectivity index (χ1n) is 21.3. The first-order valence-corrected chi connectivity index (χ1v) is 22.9. The Morgan fingerprint density at radius 3 is 1.85 bits per heavy atom. The second kappa shape index (κ2) is 13.9. The minimum Gasteiger partial charge on any atom is -0.310 e. The van der Waals surface area contributed by atoms with E-state index in [9.17, 15) is 0 Å². The molecule has 62 heavy (non-hydrogen) atoms. The van der Waals surface area contributed by atoms with Crippen LogP contribution in [0.2, 0.25) is 0 Å². The molecular weight excluding hydrogens is 787 g/mol. The Morgan fingerprint density at radius 1 is 0.435 bits per heavy atom. The Morgan fingerprint density at radius 2 is 1.05 bits per heavy atom. The number of anilines is 3. The lowest BCUT2D eigenvalue weighted by molar-refractivity contribution is 0.802.